The van der Waals surface area contributed by atoms with Gasteiger partial charge in [0, 0.05) is 18.1 Å². The molecular formula is C13H20O3S. The van der Waals surface area contributed by atoms with E-state index in [-0.39, 0.29) is 6.29 Å². The summed E-state index contributed by atoms with van der Waals surface area (Å²) in [7, 11) is -1.08. The van der Waals surface area contributed by atoms with Crippen LogP contribution in [0.2, 0.25) is 0 Å². The van der Waals surface area contributed by atoms with Gasteiger partial charge in [0.2, 0.25) is 0 Å². The summed E-state index contributed by atoms with van der Waals surface area (Å²) < 4.78 is 22.9. The number of benzene rings is 1. The molecule has 1 aromatic rings. The highest BCUT2D eigenvalue weighted by atomic mass is 32.2. The van der Waals surface area contributed by atoms with Crippen molar-refractivity contribution in [2.45, 2.75) is 32.0 Å². The zero-order valence-electron chi connectivity index (χ0n) is 10.6. The second-order valence-corrected chi connectivity index (χ2v) is 5.16. The fourth-order valence-electron chi connectivity index (χ4n) is 1.49. The normalized spacial score (nSPS) is 12.9. The highest BCUT2D eigenvalue weighted by Gasteiger charge is 2.14. The van der Waals surface area contributed by atoms with Gasteiger partial charge in [0.15, 0.2) is 6.29 Å². The lowest BCUT2D eigenvalue weighted by molar-refractivity contribution is -0.120. The molecule has 4 heteroatoms. The van der Waals surface area contributed by atoms with E-state index < -0.39 is 10.8 Å². The number of hydrogen-bond acceptors (Lipinski definition) is 3. The average Bonchev–Trinajstić information content (AvgIpc) is 2.29. The third-order valence-corrected chi connectivity index (χ3v) is 3.60. The Morgan fingerprint density at radius 1 is 1.24 bits per heavy atom. The van der Waals surface area contributed by atoms with Crippen LogP contribution in [0.5, 0.6) is 0 Å². The van der Waals surface area contributed by atoms with Crippen molar-refractivity contribution in [3.05, 3.63) is 29.8 Å². The van der Waals surface area contributed by atoms with Crippen molar-refractivity contribution in [1.82, 2.24) is 0 Å². The molecule has 0 N–H and O–H groups in total. The van der Waals surface area contributed by atoms with Gasteiger partial charge < -0.3 is 9.47 Å². The molecule has 1 rings (SSSR count). The third-order valence-electron chi connectivity index (χ3n) is 2.25. The third kappa shape index (κ3) is 4.98. The van der Waals surface area contributed by atoms with Crippen LogP contribution in [0.4, 0.5) is 0 Å². The second-order valence-electron chi connectivity index (χ2n) is 3.67. The van der Waals surface area contributed by atoms with E-state index in [1.54, 1.807) is 0 Å². The van der Waals surface area contributed by atoms with E-state index in [1.165, 1.54) is 0 Å². The lowest BCUT2D eigenvalue weighted by Gasteiger charge is -2.16. The molecule has 0 aliphatic carbocycles. The zero-order valence-corrected chi connectivity index (χ0v) is 11.5. The molecule has 1 aromatic carbocycles. The fraction of sp³-hybridized carbons (Fsp3) is 0.538. The van der Waals surface area contributed by atoms with E-state index in [0.717, 1.165) is 10.5 Å². The van der Waals surface area contributed by atoms with Gasteiger partial charge in [-0.15, -0.1) is 0 Å². The van der Waals surface area contributed by atoms with Crippen LogP contribution in [0.15, 0.2) is 29.2 Å². The minimum absolute atomic E-state index is 0.380. The van der Waals surface area contributed by atoms with Gasteiger partial charge in [-0.05, 0) is 38.5 Å². The molecule has 0 amide bonds. The Hall–Kier alpha value is -0.710. The van der Waals surface area contributed by atoms with Gasteiger partial charge >= 0.3 is 0 Å². The van der Waals surface area contributed by atoms with E-state index in [4.69, 9.17) is 9.47 Å². The summed E-state index contributed by atoms with van der Waals surface area (Å²) in [6.07, 6.45) is -0.383. The summed E-state index contributed by atoms with van der Waals surface area (Å²) in [5.41, 5.74) is 1.11. The zero-order chi connectivity index (χ0) is 12.7. The summed E-state index contributed by atoms with van der Waals surface area (Å²) in [5, 5.41) is 0. The monoisotopic (exact) mass is 256 g/mol. The average molecular weight is 256 g/mol. The van der Waals surface area contributed by atoms with Crippen LogP contribution >= 0.6 is 0 Å². The van der Waals surface area contributed by atoms with Crippen LogP contribution < -0.4 is 0 Å². The first-order valence-corrected chi connectivity index (χ1v) is 7.17. The first kappa shape index (κ1) is 14.4. The molecule has 3 nitrogen and oxygen atoms in total. The van der Waals surface area contributed by atoms with Gasteiger partial charge in [0.1, 0.15) is 0 Å². The molecule has 96 valence electrons. The molecule has 0 aliphatic heterocycles. The molecule has 0 aliphatic rings. The summed E-state index contributed by atoms with van der Waals surface area (Å²) in [5.74, 6) is 0.380. The fourth-order valence-corrected chi connectivity index (χ4v) is 2.67. The second kappa shape index (κ2) is 7.58. The Morgan fingerprint density at radius 3 is 2.41 bits per heavy atom. The summed E-state index contributed by atoms with van der Waals surface area (Å²) in [4.78, 5) is 0.828. The largest absolute Gasteiger partial charge is 0.352 e. The molecule has 0 aromatic heterocycles. The van der Waals surface area contributed by atoms with Gasteiger partial charge in [-0.3, -0.25) is 4.21 Å². The Morgan fingerprint density at radius 2 is 1.88 bits per heavy atom. The molecule has 0 spiro atoms. The van der Waals surface area contributed by atoms with Crippen LogP contribution in [-0.4, -0.2) is 29.5 Å². The minimum Gasteiger partial charge on any atom is -0.352 e. The Balaban J connectivity index is 2.63. The van der Waals surface area contributed by atoms with E-state index >= 15 is 0 Å². The van der Waals surface area contributed by atoms with Gasteiger partial charge in [-0.1, -0.05) is 12.1 Å². The minimum atomic E-state index is -1.08. The molecule has 0 fully saturated rings. The number of aryl methyl sites for hydroxylation is 1. The Labute approximate surface area is 106 Å². The molecule has 0 saturated carbocycles. The quantitative estimate of drug-likeness (QED) is 0.703. The number of rotatable bonds is 7. The van der Waals surface area contributed by atoms with Crippen LogP contribution in [0.1, 0.15) is 19.4 Å². The maximum atomic E-state index is 12.1. The summed E-state index contributed by atoms with van der Waals surface area (Å²) >= 11 is 0. The Kier molecular flexibility index (Phi) is 6.40. The van der Waals surface area contributed by atoms with Crippen molar-refractivity contribution in [3.63, 3.8) is 0 Å². The molecule has 1 unspecified atom stereocenters. The highest BCUT2D eigenvalue weighted by molar-refractivity contribution is 7.85. The van der Waals surface area contributed by atoms with Crippen LogP contribution in [-0.2, 0) is 20.3 Å². The standard InChI is InChI=1S/C13H20O3S/c1-4-15-13(16-5-2)10-17(14)12-8-6-7-11(3)9-12/h6-9,13H,4-5,10H2,1-3H3. The highest BCUT2D eigenvalue weighted by Crippen LogP contribution is 2.11. The van der Waals surface area contributed by atoms with Crippen molar-refractivity contribution in [3.8, 4) is 0 Å². The Bertz CT molecular complexity index is 359. The SMILES string of the molecule is CCOC(CS(=O)c1cccc(C)c1)OCC. The molecule has 0 saturated heterocycles. The van der Waals surface area contributed by atoms with Gasteiger partial charge in [-0.25, -0.2) is 0 Å². The molecule has 0 heterocycles. The maximum Gasteiger partial charge on any atom is 0.169 e. The van der Waals surface area contributed by atoms with Gasteiger partial charge in [0.25, 0.3) is 0 Å². The smallest absolute Gasteiger partial charge is 0.169 e. The molecule has 0 bridgehead atoms. The number of hydrogen-bond donors (Lipinski definition) is 0. The predicted octanol–water partition coefficient (Wildman–Crippen LogP) is 2.50. The molecule has 0 radical (unpaired) electrons. The van der Waals surface area contributed by atoms with Gasteiger partial charge in [-0.2, -0.15) is 0 Å². The van der Waals surface area contributed by atoms with Crippen LogP contribution in [0.3, 0.4) is 0 Å². The molecular weight excluding hydrogens is 236 g/mol. The van der Waals surface area contributed by atoms with E-state index in [1.807, 2.05) is 45.0 Å². The van der Waals surface area contributed by atoms with Crippen molar-refractivity contribution < 1.29 is 13.7 Å². The van der Waals surface area contributed by atoms with E-state index in [9.17, 15) is 4.21 Å². The predicted molar refractivity (Wildman–Crippen MR) is 69.5 cm³/mol. The van der Waals surface area contributed by atoms with Crippen molar-refractivity contribution in [2.75, 3.05) is 19.0 Å². The van der Waals surface area contributed by atoms with Crippen LogP contribution in [0, 0.1) is 6.92 Å². The first-order chi connectivity index (χ1) is 8.17. The summed E-state index contributed by atoms with van der Waals surface area (Å²) in [6, 6.07) is 7.71. The number of ether oxygens (including phenoxy) is 2. The molecule has 17 heavy (non-hydrogen) atoms. The van der Waals surface area contributed by atoms with Crippen LogP contribution in [0.25, 0.3) is 0 Å². The summed E-state index contributed by atoms with van der Waals surface area (Å²) in [6.45, 7) is 6.93. The van der Waals surface area contributed by atoms with Crippen molar-refractivity contribution in [2.24, 2.45) is 0 Å². The lowest BCUT2D eigenvalue weighted by Crippen LogP contribution is -2.24. The molecule has 1 atom stereocenters. The van der Waals surface area contributed by atoms with Crippen molar-refractivity contribution in [1.29, 1.82) is 0 Å². The van der Waals surface area contributed by atoms with E-state index in [0.29, 0.717) is 19.0 Å². The maximum absolute atomic E-state index is 12.1. The first-order valence-electron chi connectivity index (χ1n) is 5.85. The van der Waals surface area contributed by atoms with E-state index in [2.05, 4.69) is 0 Å². The lowest BCUT2D eigenvalue weighted by atomic mass is 10.2. The van der Waals surface area contributed by atoms with Crippen molar-refractivity contribution >= 4 is 10.8 Å². The van der Waals surface area contributed by atoms with Gasteiger partial charge in [0.05, 0.1) is 16.6 Å². The topological polar surface area (TPSA) is 35.5 Å².